The second kappa shape index (κ2) is 8.29. The minimum absolute atomic E-state index is 0.115. The fourth-order valence-electron chi connectivity index (χ4n) is 2.86. The average Bonchev–Trinajstić information content (AvgIpc) is 2.69. The molecule has 1 aromatic heterocycles. The number of hydrogen-bond acceptors (Lipinski definition) is 6. The van der Waals surface area contributed by atoms with Crippen molar-refractivity contribution in [2.75, 3.05) is 19.3 Å². The number of hydrogen-bond donors (Lipinski definition) is 2. The molecular formula is C18H20N4O3S. The summed E-state index contributed by atoms with van der Waals surface area (Å²) in [5.41, 5.74) is 0.795. The van der Waals surface area contributed by atoms with Crippen LogP contribution in [0.2, 0.25) is 0 Å². The van der Waals surface area contributed by atoms with Crippen LogP contribution in [0.4, 0.5) is 0 Å². The summed E-state index contributed by atoms with van der Waals surface area (Å²) in [7, 11) is 0. The van der Waals surface area contributed by atoms with Crippen LogP contribution >= 0.6 is 11.8 Å². The first-order valence-electron chi connectivity index (χ1n) is 8.26. The van der Waals surface area contributed by atoms with Crippen molar-refractivity contribution in [1.82, 2.24) is 20.2 Å². The van der Waals surface area contributed by atoms with Crippen LogP contribution in [0.1, 0.15) is 27.3 Å². The number of nitrogens with zero attached hydrogens (tertiary/aromatic N) is 3. The van der Waals surface area contributed by atoms with Gasteiger partial charge in [0.1, 0.15) is 5.69 Å². The van der Waals surface area contributed by atoms with E-state index >= 15 is 0 Å². The van der Waals surface area contributed by atoms with E-state index in [0.717, 1.165) is 4.90 Å². The van der Waals surface area contributed by atoms with E-state index in [1.807, 2.05) is 18.4 Å². The third-order valence-corrected chi connectivity index (χ3v) is 5.06. The Labute approximate surface area is 155 Å². The number of amides is 2. The van der Waals surface area contributed by atoms with Crippen molar-refractivity contribution in [3.8, 4) is 0 Å². The topological polar surface area (TPSA) is 95.4 Å². The molecular weight excluding hydrogens is 352 g/mol. The van der Waals surface area contributed by atoms with Gasteiger partial charge in [0.15, 0.2) is 0 Å². The summed E-state index contributed by atoms with van der Waals surface area (Å²) >= 11 is 1.61. The van der Waals surface area contributed by atoms with Gasteiger partial charge in [0.2, 0.25) is 0 Å². The molecule has 2 atom stereocenters. The number of nitrogens with one attached hydrogen (secondary N) is 1. The zero-order valence-electron chi connectivity index (χ0n) is 14.3. The number of benzene rings is 1. The molecule has 2 amide bonds. The van der Waals surface area contributed by atoms with Gasteiger partial charge < -0.3 is 15.3 Å². The molecule has 2 unspecified atom stereocenters. The maximum Gasteiger partial charge on any atom is 0.271 e. The highest BCUT2D eigenvalue weighted by molar-refractivity contribution is 7.98. The number of aliphatic hydroxyl groups is 1. The third kappa shape index (κ3) is 4.20. The lowest BCUT2D eigenvalue weighted by atomic mass is 10.0. The molecule has 1 saturated heterocycles. The maximum atomic E-state index is 12.6. The van der Waals surface area contributed by atoms with Crippen LogP contribution in [0.3, 0.4) is 0 Å². The fourth-order valence-corrected chi connectivity index (χ4v) is 3.27. The molecule has 1 aromatic carbocycles. The molecule has 3 rings (SSSR count). The van der Waals surface area contributed by atoms with Crippen LogP contribution in [0.5, 0.6) is 0 Å². The molecule has 7 nitrogen and oxygen atoms in total. The Hall–Kier alpha value is -2.45. The minimum Gasteiger partial charge on any atom is -0.389 e. The Morgan fingerprint density at radius 2 is 2.04 bits per heavy atom. The lowest BCUT2D eigenvalue weighted by molar-refractivity contribution is 0.0314. The van der Waals surface area contributed by atoms with Crippen LogP contribution in [-0.2, 0) is 0 Å². The van der Waals surface area contributed by atoms with E-state index in [0.29, 0.717) is 18.5 Å². The van der Waals surface area contributed by atoms with Gasteiger partial charge in [0, 0.05) is 35.9 Å². The number of carbonyl (C=O) groups excluding carboxylic acids is 2. The van der Waals surface area contributed by atoms with Gasteiger partial charge in [-0.05, 0) is 36.9 Å². The van der Waals surface area contributed by atoms with Gasteiger partial charge in [-0.3, -0.25) is 14.6 Å². The van der Waals surface area contributed by atoms with Crippen LogP contribution in [0, 0.1) is 0 Å². The first-order chi connectivity index (χ1) is 12.6. The van der Waals surface area contributed by atoms with Gasteiger partial charge in [-0.15, -0.1) is 11.8 Å². The molecule has 1 aliphatic heterocycles. The van der Waals surface area contributed by atoms with E-state index in [4.69, 9.17) is 0 Å². The van der Waals surface area contributed by atoms with Crippen molar-refractivity contribution in [3.05, 3.63) is 54.1 Å². The highest BCUT2D eigenvalue weighted by atomic mass is 32.2. The summed E-state index contributed by atoms with van der Waals surface area (Å²) in [5.74, 6) is -0.495. The van der Waals surface area contributed by atoms with Gasteiger partial charge in [-0.2, -0.15) is 0 Å². The summed E-state index contributed by atoms with van der Waals surface area (Å²) in [6.07, 6.45) is 5.92. The van der Waals surface area contributed by atoms with E-state index in [9.17, 15) is 14.7 Å². The van der Waals surface area contributed by atoms with Crippen LogP contribution in [0.25, 0.3) is 0 Å². The zero-order chi connectivity index (χ0) is 18.5. The van der Waals surface area contributed by atoms with Gasteiger partial charge in [-0.25, -0.2) is 4.98 Å². The summed E-state index contributed by atoms with van der Waals surface area (Å²) in [6, 6.07) is 6.97. The van der Waals surface area contributed by atoms with E-state index < -0.39 is 12.1 Å². The molecule has 2 N–H and O–H groups in total. The molecule has 0 radical (unpaired) electrons. The second-order valence-electron chi connectivity index (χ2n) is 6.01. The molecule has 8 heteroatoms. The number of likely N-dealkylation sites (tertiary alicyclic amines) is 1. The Bertz CT molecular complexity index is 770. The minimum atomic E-state index is -0.834. The third-order valence-electron chi connectivity index (χ3n) is 4.32. The van der Waals surface area contributed by atoms with E-state index in [-0.39, 0.29) is 24.1 Å². The molecule has 0 saturated carbocycles. The molecule has 1 aliphatic rings. The highest BCUT2D eigenvalue weighted by Gasteiger charge is 2.31. The second-order valence-corrected chi connectivity index (χ2v) is 6.89. The van der Waals surface area contributed by atoms with E-state index in [2.05, 4.69) is 15.3 Å². The molecule has 1 fully saturated rings. The Morgan fingerprint density at radius 1 is 1.27 bits per heavy atom. The summed E-state index contributed by atoms with van der Waals surface area (Å²) in [5, 5.41) is 13.1. The lowest BCUT2D eigenvalue weighted by Gasteiger charge is -2.36. The maximum absolute atomic E-state index is 12.6. The number of β-amino-alcohol motifs (C(OH)–C–C–N with tert-alkyl or cyclic N) is 1. The van der Waals surface area contributed by atoms with Crippen molar-refractivity contribution < 1.29 is 14.7 Å². The standard InChI is InChI=1S/C18H20N4O3S/c1-26-13-4-2-12(3-5-13)18(25)22-9-6-14(16(23)11-22)21-17(24)15-10-19-7-8-20-15/h2-5,7-8,10,14,16,23H,6,9,11H2,1H3,(H,21,24). The van der Waals surface area contributed by atoms with Crippen LogP contribution < -0.4 is 5.32 Å². The number of piperidine rings is 1. The van der Waals surface area contributed by atoms with Crippen molar-refractivity contribution in [1.29, 1.82) is 0 Å². The van der Waals surface area contributed by atoms with Gasteiger partial charge in [0.05, 0.1) is 18.3 Å². The fraction of sp³-hybridized carbons (Fsp3) is 0.333. The number of carbonyl (C=O) groups is 2. The van der Waals surface area contributed by atoms with Crippen molar-refractivity contribution in [2.24, 2.45) is 0 Å². The number of aliphatic hydroxyl groups excluding tert-OH is 1. The van der Waals surface area contributed by atoms with Crippen molar-refractivity contribution >= 4 is 23.6 Å². The Balaban J connectivity index is 1.59. The quantitative estimate of drug-likeness (QED) is 0.783. The van der Waals surface area contributed by atoms with Gasteiger partial charge in [-0.1, -0.05) is 0 Å². The van der Waals surface area contributed by atoms with Gasteiger partial charge in [0.25, 0.3) is 11.8 Å². The van der Waals surface area contributed by atoms with E-state index in [1.54, 1.807) is 28.8 Å². The zero-order valence-corrected chi connectivity index (χ0v) is 15.1. The molecule has 2 heterocycles. The SMILES string of the molecule is CSc1ccc(C(=O)N2CCC(NC(=O)c3cnccn3)C(O)C2)cc1. The lowest BCUT2D eigenvalue weighted by Crippen LogP contribution is -2.55. The predicted molar refractivity (Wildman–Crippen MR) is 98.0 cm³/mol. The van der Waals surface area contributed by atoms with Gasteiger partial charge >= 0.3 is 0 Å². The first kappa shape index (κ1) is 18.3. The molecule has 0 aliphatic carbocycles. The number of rotatable bonds is 4. The Kier molecular flexibility index (Phi) is 5.85. The molecule has 2 aromatic rings. The van der Waals surface area contributed by atoms with Crippen molar-refractivity contribution in [3.63, 3.8) is 0 Å². The largest absolute Gasteiger partial charge is 0.389 e. The van der Waals surface area contributed by atoms with Crippen LogP contribution in [0.15, 0.2) is 47.8 Å². The molecule has 0 spiro atoms. The number of aromatic nitrogens is 2. The molecule has 136 valence electrons. The molecule has 0 bridgehead atoms. The summed E-state index contributed by atoms with van der Waals surface area (Å²) in [6.45, 7) is 0.639. The smallest absolute Gasteiger partial charge is 0.271 e. The normalized spacial score (nSPS) is 19.8. The average molecular weight is 372 g/mol. The Morgan fingerprint density at radius 3 is 2.65 bits per heavy atom. The highest BCUT2D eigenvalue weighted by Crippen LogP contribution is 2.18. The monoisotopic (exact) mass is 372 g/mol. The summed E-state index contributed by atoms with van der Waals surface area (Å²) < 4.78 is 0. The summed E-state index contributed by atoms with van der Waals surface area (Å²) in [4.78, 5) is 35.3. The van der Waals surface area contributed by atoms with Crippen molar-refractivity contribution in [2.45, 2.75) is 23.5 Å². The first-order valence-corrected chi connectivity index (χ1v) is 9.49. The predicted octanol–water partition coefficient (Wildman–Crippen LogP) is 1.20. The number of thioether (sulfide) groups is 1. The molecule has 26 heavy (non-hydrogen) atoms. The van der Waals surface area contributed by atoms with Crippen LogP contribution in [-0.4, -0.2) is 63.3 Å². The van der Waals surface area contributed by atoms with E-state index in [1.165, 1.54) is 18.6 Å².